The van der Waals surface area contributed by atoms with E-state index in [0.717, 1.165) is 5.56 Å². The third-order valence-corrected chi connectivity index (χ3v) is 2.32. The van der Waals surface area contributed by atoms with Crippen molar-refractivity contribution in [2.45, 2.75) is 26.4 Å². The Balaban J connectivity index is 2.71. The van der Waals surface area contributed by atoms with Gasteiger partial charge < -0.3 is 11.5 Å². The van der Waals surface area contributed by atoms with E-state index >= 15 is 0 Å². The Bertz CT molecular complexity index is 365. The van der Waals surface area contributed by atoms with Gasteiger partial charge in [-0.05, 0) is 31.5 Å². The van der Waals surface area contributed by atoms with Gasteiger partial charge in [-0.3, -0.25) is 9.69 Å². The molecule has 0 aliphatic heterocycles. The zero-order chi connectivity index (χ0) is 12.1. The fraction of sp³-hybridized carbons (Fsp3) is 0.455. The predicted molar refractivity (Wildman–Crippen MR) is 63.4 cm³/mol. The summed E-state index contributed by atoms with van der Waals surface area (Å²) < 4.78 is 0. The van der Waals surface area contributed by atoms with Crippen molar-refractivity contribution in [2.24, 2.45) is 5.73 Å². The second-order valence-electron chi connectivity index (χ2n) is 4.05. The first-order valence-electron chi connectivity index (χ1n) is 5.22. The minimum Gasteiger partial charge on any atom is -0.384 e. The second-order valence-corrected chi connectivity index (χ2v) is 4.05. The van der Waals surface area contributed by atoms with Crippen LogP contribution in [0.2, 0.25) is 0 Å². The van der Waals surface area contributed by atoms with Gasteiger partial charge in [0.1, 0.15) is 5.82 Å². The molecule has 0 spiro atoms. The molecule has 0 saturated heterocycles. The standard InChI is InChI=1S/C11H18N4O/c1-8(2)15(7-11(13)16)6-9-3-4-14-10(12)5-9/h3-5,8H,6-7H2,1-2H3,(H2,12,14)(H2,13,16). The first-order valence-corrected chi connectivity index (χ1v) is 5.22. The molecule has 1 amide bonds. The summed E-state index contributed by atoms with van der Waals surface area (Å²) in [6.45, 7) is 4.94. The Kier molecular flexibility index (Phi) is 4.25. The van der Waals surface area contributed by atoms with Crippen LogP contribution >= 0.6 is 0 Å². The van der Waals surface area contributed by atoms with Crippen LogP contribution in [0, 0.1) is 0 Å². The smallest absolute Gasteiger partial charge is 0.231 e. The van der Waals surface area contributed by atoms with Gasteiger partial charge in [0.2, 0.25) is 5.91 Å². The topological polar surface area (TPSA) is 85.2 Å². The van der Waals surface area contributed by atoms with Crippen LogP contribution in [-0.2, 0) is 11.3 Å². The molecule has 0 fully saturated rings. The molecule has 1 heterocycles. The van der Waals surface area contributed by atoms with E-state index in [4.69, 9.17) is 11.5 Å². The number of pyridine rings is 1. The molecule has 5 heteroatoms. The highest BCUT2D eigenvalue weighted by molar-refractivity contribution is 5.75. The van der Waals surface area contributed by atoms with E-state index < -0.39 is 0 Å². The number of nitrogens with two attached hydrogens (primary N) is 2. The summed E-state index contributed by atoms with van der Waals surface area (Å²) in [4.78, 5) is 16.8. The molecule has 0 bridgehead atoms. The number of aromatic nitrogens is 1. The molecule has 0 radical (unpaired) electrons. The van der Waals surface area contributed by atoms with E-state index in [1.165, 1.54) is 0 Å². The highest BCUT2D eigenvalue weighted by Gasteiger charge is 2.12. The number of hydrogen-bond donors (Lipinski definition) is 2. The van der Waals surface area contributed by atoms with Crippen LogP contribution in [0.3, 0.4) is 0 Å². The normalized spacial score (nSPS) is 11.0. The zero-order valence-corrected chi connectivity index (χ0v) is 9.68. The molecule has 4 N–H and O–H groups in total. The van der Waals surface area contributed by atoms with Gasteiger partial charge in [-0.2, -0.15) is 0 Å². The highest BCUT2D eigenvalue weighted by Crippen LogP contribution is 2.09. The molecule has 1 aromatic rings. The number of amides is 1. The minimum absolute atomic E-state index is 0.250. The Hall–Kier alpha value is -1.62. The Labute approximate surface area is 95.4 Å². The molecule has 1 rings (SSSR count). The summed E-state index contributed by atoms with van der Waals surface area (Å²) in [5.41, 5.74) is 11.8. The van der Waals surface area contributed by atoms with Gasteiger partial charge in [-0.15, -0.1) is 0 Å². The van der Waals surface area contributed by atoms with Gasteiger partial charge in [-0.1, -0.05) is 0 Å². The summed E-state index contributed by atoms with van der Waals surface area (Å²) in [7, 11) is 0. The van der Waals surface area contributed by atoms with E-state index in [-0.39, 0.29) is 18.5 Å². The van der Waals surface area contributed by atoms with Crippen LogP contribution in [0.5, 0.6) is 0 Å². The first kappa shape index (κ1) is 12.4. The molecular weight excluding hydrogens is 204 g/mol. The van der Waals surface area contributed by atoms with Crippen molar-refractivity contribution < 1.29 is 4.79 Å². The maximum absolute atomic E-state index is 10.9. The lowest BCUT2D eigenvalue weighted by atomic mass is 10.2. The van der Waals surface area contributed by atoms with Crippen molar-refractivity contribution in [3.63, 3.8) is 0 Å². The van der Waals surface area contributed by atoms with Crippen LogP contribution < -0.4 is 11.5 Å². The predicted octanol–water partition coefficient (Wildman–Crippen LogP) is 0.360. The summed E-state index contributed by atoms with van der Waals surface area (Å²) >= 11 is 0. The van der Waals surface area contributed by atoms with Crippen LogP contribution in [0.1, 0.15) is 19.4 Å². The number of anilines is 1. The van der Waals surface area contributed by atoms with Gasteiger partial charge in [0.05, 0.1) is 6.54 Å². The van der Waals surface area contributed by atoms with Crippen molar-refractivity contribution in [2.75, 3.05) is 12.3 Å². The second kappa shape index (κ2) is 5.46. The molecule has 0 saturated carbocycles. The monoisotopic (exact) mass is 222 g/mol. The number of rotatable bonds is 5. The molecule has 0 aliphatic carbocycles. The van der Waals surface area contributed by atoms with E-state index in [0.29, 0.717) is 12.4 Å². The van der Waals surface area contributed by atoms with Gasteiger partial charge in [0, 0.05) is 18.8 Å². The fourth-order valence-electron chi connectivity index (χ4n) is 1.45. The SMILES string of the molecule is CC(C)N(CC(N)=O)Cc1ccnc(N)c1. The van der Waals surface area contributed by atoms with Crippen molar-refractivity contribution in [3.8, 4) is 0 Å². The van der Waals surface area contributed by atoms with E-state index in [9.17, 15) is 4.79 Å². The summed E-state index contributed by atoms with van der Waals surface area (Å²) in [6, 6.07) is 3.94. The number of nitrogen functional groups attached to an aromatic ring is 1. The van der Waals surface area contributed by atoms with Crippen LogP contribution in [-0.4, -0.2) is 28.4 Å². The largest absolute Gasteiger partial charge is 0.384 e. The Morgan fingerprint density at radius 2 is 2.25 bits per heavy atom. The lowest BCUT2D eigenvalue weighted by Gasteiger charge is -2.24. The highest BCUT2D eigenvalue weighted by atomic mass is 16.1. The van der Waals surface area contributed by atoms with Crippen molar-refractivity contribution in [3.05, 3.63) is 23.9 Å². The quantitative estimate of drug-likeness (QED) is 0.753. The summed E-state index contributed by atoms with van der Waals surface area (Å²) in [5, 5.41) is 0. The molecule has 88 valence electrons. The van der Waals surface area contributed by atoms with Crippen LogP contribution in [0.15, 0.2) is 18.3 Å². The maximum atomic E-state index is 10.9. The Morgan fingerprint density at radius 3 is 2.75 bits per heavy atom. The average Bonchev–Trinajstić information content (AvgIpc) is 2.15. The number of nitrogens with zero attached hydrogens (tertiary/aromatic N) is 2. The molecule has 0 aromatic carbocycles. The van der Waals surface area contributed by atoms with Crippen molar-refractivity contribution >= 4 is 11.7 Å². The number of carbonyl (C=O) groups excluding carboxylic acids is 1. The molecule has 0 aliphatic rings. The lowest BCUT2D eigenvalue weighted by Crippen LogP contribution is -2.37. The summed E-state index contributed by atoms with van der Waals surface area (Å²) in [6.07, 6.45) is 1.66. The first-order chi connectivity index (χ1) is 7.49. The van der Waals surface area contributed by atoms with Gasteiger partial charge >= 0.3 is 0 Å². The molecule has 0 unspecified atom stereocenters. The number of hydrogen-bond acceptors (Lipinski definition) is 4. The van der Waals surface area contributed by atoms with Crippen molar-refractivity contribution in [1.29, 1.82) is 0 Å². The molecule has 0 atom stereocenters. The maximum Gasteiger partial charge on any atom is 0.231 e. The van der Waals surface area contributed by atoms with E-state index in [2.05, 4.69) is 4.98 Å². The zero-order valence-electron chi connectivity index (χ0n) is 9.68. The fourth-order valence-corrected chi connectivity index (χ4v) is 1.45. The van der Waals surface area contributed by atoms with Gasteiger partial charge in [-0.25, -0.2) is 4.98 Å². The van der Waals surface area contributed by atoms with E-state index in [1.807, 2.05) is 24.8 Å². The third-order valence-electron chi connectivity index (χ3n) is 2.32. The molecule has 16 heavy (non-hydrogen) atoms. The van der Waals surface area contributed by atoms with Gasteiger partial charge in [0.15, 0.2) is 0 Å². The number of carbonyl (C=O) groups is 1. The van der Waals surface area contributed by atoms with Crippen LogP contribution in [0.4, 0.5) is 5.82 Å². The lowest BCUT2D eigenvalue weighted by molar-refractivity contribution is -0.119. The van der Waals surface area contributed by atoms with Crippen molar-refractivity contribution in [1.82, 2.24) is 9.88 Å². The summed E-state index contributed by atoms with van der Waals surface area (Å²) in [5.74, 6) is 0.163. The molecular formula is C11H18N4O. The Morgan fingerprint density at radius 1 is 1.56 bits per heavy atom. The average molecular weight is 222 g/mol. The third kappa shape index (κ3) is 3.86. The molecule has 5 nitrogen and oxygen atoms in total. The van der Waals surface area contributed by atoms with Crippen LogP contribution in [0.25, 0.3) is 0 Å². The van der Waals surface area contributed by atoms with E-state index in [1.54, 1.807) is 12.3 Å². The number of primary amides is 1. The minimum atomic E-state index is -0.323. The van der Waals surface area contributed by atoms with Gasteiger partial charge in [0.25, 0.3) is 0 Å². The molecule has 1 aromatic heterocycles.